The van der Waals surface area contributed by atoms with Gasteiger partial charge in [0.2, 0.25) is 0 Å². The molecule has 1 unspecified atom stereocenters. The lowest BCUT2D eigenvalue weighted by molar-refractivity contribution is 0.600. The third kappa shape index (κ3) is 3.40. The fourth-order valence-corrected chi connectivity index (χ4v) is 3.59. The highest BCUT2D eigenvalue weighted by Crippen LogP contribution is 2.33. The maximum absolute atomic E-state index is 11.2. The minimum atomic E-state index is -0.688. The minimum Gasteiger partial charge on any atom is -0.328 e. The summed E-state index contributed by atoms with van der Waals surface area (Å²) in [5, 5.41) is 0. The molecule has 3 rings (SSSR count). The second-order valence-electron chi connectivity index (χ2n) is 6.51. The number of unbranched alkanes of at least 4 members (excludes halogenated alkanes) is 1. The van der Waals surface area contributed by atoms with E-state index in [1.807, 2.05) is 6.20 Å². The Hall–Kier alpha value is -1.23. The van der Waals surface area contributed by atoms with Crippen LogP contribution < -0.4 is 0 Å². The molecule has 2 aromatic heterocycles. The molecule has 1 atom stereocenters. The van der Waals surface area contributed by atoms with E-state index in [1.54, 1.807) is 6.26 Å². The van der Waals surface area contributed by atoms with Crippen molar-refractivity contribution in [2.45, 2.75) is 52.5 Å². The van der Waals surface area contributed by atoms with Gasteiger partial charge in [0.1, 0.15) is 11.3 Å². The zero-order chi connectivity index (χ0) is 15.7. The lowest BCUT2D eigenvalue weighted by Gasteiger charge is -2.11. The monoisotopic (exact) mass is 319 g/mol. The number of imidazole rings is 1. The van der Waals surface area contributed by atoms with Gasteiger partial charge in [-0.2, -0.15) is 0 Å². The molecule has 0 bridgehead atoms. The first kappa shape index (κ1) is 15.7. The van der Waals surface area contributed by atoms with E-state index in [2.05, 4.69) is 23.4 Å². The van der Waals surface area contributed by atoms with Gasteiger partial charge in [0.25, 0.3) is 0 Å². The summed E-state index contributed by atoms with van der Waals surface area (Å²) in [6.07, 6.45) is 9.53. The van der Waals surface area contributed by atoms with E-state index in [1.165, 1.54) is 29.7 Å². The summed E-state index contributed by atoms with van der Waals surface area (Å²) < 4.78 is 13.6. The Morgan fingerprint density at radius 3 is 2.77 bits per heavy atom. The zero-order valence-electron chi connectivity index (χ0n) is 13.8. The largest absolute Gasteiger partial charge is 0.328 e. The number of fused-ring (bicyclic) bond motifs is 1. The molecular weight excluding hydrogens is 294 g/mol. The molecule has 1 aliphatic rings. The summed E-state index contributed by atoms with van der Waals surface area (Å²) in [5.41, 5.74) is 4.60. The van der Waals surface area contributed by atoms with Gasteiger partial charge in [-0.1, -0.05) is 0 Å². The van der Waals surface area contributed by atoms with Crippen LogP contribution in [0.4, 0.5) is 0 Å². The van der Waals surface area contributed by atoms with Gasteiger partial charge in [0, 0.05) is 41.5 Å². The quantitative estimate of drug-likeness (QED) is 0.737. The zero-order valence-corrected chi connectivity index (χ0v) is 14.6. The Morgan fingerprint density at radius 1 is 1.32 bits per heavy atom. The van der Waals surface area contributed by atoms with Crippen molar-refractivity contribution in [2.75, 3.05) is 12.0 Å². The van der Waals surface area contributed by atoms with Crippen LogP contribution in [0, 0.1) is 19.8 Å². The van der Waals surface area contributed by atoms with E-state index in [0.717, 1.165) is 48.7 Å². The molecule has 0 N–H and O–H groups in total. The number of hydrogen-bond donors (Lipinski definition) is 0. The minimum absolute atomic E-state index is 0.688. The van der Waals surface area contributed by atoms with Gasteiger partial charge in [-0.15, -0.1) is 0 Å². The first-order valence-corrected chi connectivity index (χ1v) is 9.90. The SMILES string of the molecule is Cc1ncc2nc(CC3CC3)n(CCCCS(C)=O)c2c1C. The number of rotatable bonds is 7. The van der Waals surface area contributed by atoms with Crippen molar-refractivity contribution < 1.29 is 4.21 Å². The van der Waals surface area contributed by atoms with Crippen LogP contribution in [0.2, 0.25) is 0 Å². The van der Waals surface area contributed by atoms with Crippen LogP contribution in [-0.4, -0.2) is 30.8 Å². The van der Waals surface area contributed by atoms with Gasteiger partial charge in [0.15, 0.2) is 0 Å². The van der Waals surface area contributed by atoms with Crippen LogP contribution in [-0.2, 0) is 23.8 Å². The molecular formula is C17H25N3OS. The van der Waals surface area contributed by atoms with Gasteiger partial charge in [-0.05, 0) is 51.0 Å². The average molecular weight is 319 g/mol. The van der Waals surface area contributed by atoms with Crippen LogP contribution in [0.3, 0.4) is 0 Å². The van der Waals surface area contributed by atoms with Gasteiger partial charge in [0.05, 0.1) is 11.7 Å². The highest BCUT2D eigenvalue weighted by molar-refractivity contribution is 7.84. The molecule has 0 aliphatic heterocycles. The highest BCUT2D eigenvalue weighted by Gasteiger charge is 2.25. The molecule has 2 aromatic rings. The fourth-order valence-electron chi connectivity index (χ4n) is 2.98. The topological polar surface area (TPSA) is 47.8 Å². The number of nitrogens with zero attached hydrogens (tertiary/aromatic N) is 3. The van der Waals surface area contributed by atoms with E-state index in [-0.39, 0.29) is 0 Å². The number of aryl methyl sites for hydroxylation is 3. The lowest BCUT2D eigenvalue weighted by Crippen LogP contribution is -2.07. The van der Waals surface area contributed by atoms with Crippen molar-refractivity contribution in [3.05, 3.63) is 23.3 Å². The standard InChI is InChI=1S/C17H25N3OS/c1-12-13(2)18-11-15-17(12)20(8-4-5-9-22(3)21)16(19-15)10-14-6-7-14/h11,14H,4-10H2,1-3H3. The summed E-state index contributed by atoms with van der Waals surface area (Å²) >= 11 is 0. The molecule has 1 saturated carbocycles. The predicted octanol–water partition coefficient (Wildman–Crippen LogP) is 3.16. The van der Waals surface area contributed by atoms with Gasteiger partial charge in [-0.25, -0.2) is 4.98 Å². The van der Waals surface area contributed by atoms with Gasteiger partial charge in [-0.3, -0.25) is 9.19 Å². The Morgan fingerprint density at radius 2 is 2.09 bits per heavy atom. The Balaban J connectivity index is 1.88. The first-order valence-electron chi connectivity index (χ1n) is 8.17. The molecule has 0 saturated heterocycles. The van der Waals surface area contributed by atoms with Crippen molar-refractivity contribution >= 4 is 21.8 Å². The average Bonchev–Trinajstić information content (AvgIpc) is 3.21. The predicted molar refractivity (Wildman–Crippen MR) is 91.6 cm³/mol. The summed E-state index contributed by atoms with van der Waals surface area (Å²) in [4.78, 5) is 9.31. The van der Waals surface area contributed by atoms with Crippen molar-refractivity contribution in [1.82, 2.24) is 14.5 Å². The highest BCUT2D eigenvalue weighted by atomic mass is 32.2. The maximum atomic E-state index is 11.2. The Kier molecular flexibility index (Phi) is 4.62. The van der Waals surface area contributed by atoms with E-state index >= 15 is 0 Å². The molecule has 4 nitrogen and oxygen atoms in total. The Labute approximate surface area is 134 Å². The van der Waals surface area contributed by atoms with Crippen LogP contribution in [0.15, 0.2) is 6.20 Å². The van der Waals surface area contributed by atoms with Crippen LogP contribution in [0.5, 0.6) is 0 Å². The van der Waals surface area contributed by atoms with Gasteiger partial charge >= 0.3 is 0 Å². The summed E-state index contributed by atoms with van der Waals surface area (Å²) in [5.74, 6) is 2.84. The molecule has 0 amide bonds. The third-order valence-electron chi connectivity index (χ3n) is 4.58. The molecule has 1 aliphatic carbocycles. The van der Waals surface area contributed by atoms with Crippen molar-refractivity contribution in [2.24, 2.45) is 5.92 Å². The van der Waals surface area contributed by atoms with E-state index in [4.69, 9.17) is 4.98 Å². The molecule has 120 valence electrons. The van der Waals surface area contributed by atoms with Crippen LogP contribution >= 0.6 is 0 Å². The summed E-state index contributed by atoms with van der Waals surface area (Å²) in [7, 11) is -0.688. The third-order valence-corrected chi connectivity index (χ3v) is 5.45. The first-order chi connectivity index (χ1) is 10.6. The number of pyridine rings is 1. The van der Waals surface area contributed by atoms with Crippen molar-refractivity contribution in [3.8, 4) is 0 Å². The molecule has 0 spiro atoms. The lowest BCUT2D eigenvalue weighted by atomic mass is 10.2. The fraction of sp³-hybridized carbons (Fsp3) is 0.647. The van der Waals surface area contributed by atoms with E-state index in [0.29, 0.717) is 0 Å². The summed E-state index contributed by atoms with van der Waals surface area (Å²) in [6.45, 7) is 5.18. The second-order valence-corrected chi connectivity index (χ2v) is 8.07. The van der Waals surface area contributed by atoms with Crippen LogP contribution in [0.25, 0.3) is 11.0 Å². The smallest absolute Gasteiger partial charge is 0.110 e. The Bertz CT molecular complexity index is 703. The summed E-state index contributed by atoms with van der Waals surface area (Å²) in [6, 6.07) is 0. The molecule has 0 radical (unpaired) electrons. The number of hydrogen-bond acceptors (Lipinski definition) is 3. The number of aromatic nitrogens is 3. The molecule has 0 aromatic carbocycles. The van der Waals surface area contributed by atoms with Gasteiger partial charge < -0.3 is 4.57 Å². The van der Waals surface area contributed by atoms with Crippen LogP contribution in [0.1, 0.15) is 42.8 Å². The second kappa shape index (κ2) is 6.49. The molecule has 22 heavy (non-hydrogen) atoms. The molecule has 5 heteroatoms. The van der Waals surface area contributed by atoms with Crippen molar-refractivity contribution in [1.29, 1.82) is 0 Å². The molecule has 1 fully saturated rings. The maximum Gasteiger partial charge on any atom is 0.110 e. The molecule has 2 heterocycles. The van der Waals surface area contributed by atoms with E-state index in [9.17, 15) is 4.21 Å². The van der Waals surface area contributed by atoms with Crippen molar-refractivity contribution in [3.63, 3.8) is 0 Å². The van der Waals surface area contributed by atoms with E-state index < -0.39 is 10.8 Å². The normalized spacial score (nSPS) is 16.3.